The van der Waals surface area contributed by atoms with Crippen LogP contribution in [0.1, 0.15) is 91.0 Å². The summed E-state index contributed by atoms with van der Waals surface area (Å²) in [7, 11) is 0. The summed E-state index contributed by atoms with van der Waals surface area (Å²) in [5.41, 5.74) is -0.451. The average Bonchev–Trinajstić information content (AvgIpc) is 3.58. The minimum Gasteiger partial charge on any atom is -0.508 e. The number of halogens is 2. The molecular weight excluding hydrogens is 745 g/mol. The standard InChI is InChI=1S/C43H53F2N5O6.C2H6/c1-3-30-33(44)8-7-26-16-28(52)17-31(35(26)30)37-36(45)38-32(20-46-37)39(49-21-29(22-51)55-24-41(2,53)23-49)48-40(47-38)56-25-43-9-4-6-34(43)50(13-5-10-43)27-18-42(19-27)11-14-54-15-12-42;1-2/h7-8,16-17,20,27,29,34,51-53H,3-6,9-15,18-19,21-25H2,1-2H3;1-2H3. The fraction of sp³-hybridized carbons (Fsp3) is 0.622. The Morgan fingerprint density at radius 3 is 2.57 bits per heavy atom. The Morgan fingerprint density at radius 1 is 1.03 bits per heavy atom. The third-order valence-corrected chi connectivity index (χ3v) is 13.7. The van der Waals surface area contributed by atoms with E-state index in [0.29, 0.717) is 52.7 Å². The van der Waals surface area contributed by atoms with Crippen LogP contribution < -0.4 is 9.64 Å². The van der Waals surface area contributed by atoms with E-state index in [-0.39, 0.29) is 65.6 Å². The number of aliphatic hydroxyl groups is 2. The molecule has 2 aromatic carbocycles. The highest BCUT2D eigenvalue weighted by atomic mass is 19.1. The molecule has 11 nitrogen and oxygen atoms in total. The summed E-state index contributed by atoms with van der Waals surface area (Å²) < 4.78 is 50.6. The molecule has 0 amide bonds. The third-order valence-electron chi connectivity index (χ3n) is 13.7. The number of piperidine rings is 1. The Kier molecular flexibility index (Phi) is 11.6. The molecule has 3 saturated heterocycles. The molecule has 4 aromatic rings. The lowest BCUT2D eigenvalue weighted by Crippen LogP contribution is -2.61. The van der Waals surface area contributed by atoms with E-state index in [0.717, 1.165) is 64.7 Å². The molecule has 3 N–H and O–H groups in total. The topological polar surface area (TPSA) is 134 Å². The zero-order valence-electron chi connectivity index (χ0n) is 34.4. The van der Waals surface area contributed by atoms with Crippen molar-refractivity contribution >= 4 is 27.5 Å². The van der Waals surface area contributed by atoms with Crippen LogP contribution in [0, 0.1) is 22.5 Å². The summed E-state index contributed by atoms with van der Waals surface area (Å²) in [6.45, 7) is 10.7. The quantitative estimate of drug-likeness (QED) is 0.165. The van der Waals surface area contributed by atoms with E-state index in [9.17, 15) is 15.3 Å². The maximum Gasteiger partial charge on any atom is 0.319 e. The van der Waals surface area contributed by atoms with Crippen molar-refractivity contribution in [3.8, 4) is 23.0 Å². The predicted octanol–water partition coefficient (Wildman–Crippen LogP) is 7.34. The molecule has 2 aromatic heterocycles. The molecule has 314 valence electrons. The molecule has 5 aliphatic rings. The number of anilines is 1. The first kappa shape index (κ1) is 41.0. The minimum atomic E-state index is -1.30. The second-order valence-corrected chi connectivity index (χ2v) is 17.6. The SMILES string of the molecule is CC.CCc1c(F)ccc2cc(O)cc(-c3ncc4c(N5CC(CO)OCC(C)(O)C5)nc(OCC56CCCC5N(C5CC7(CCOCC7)C5)CCC6)nc4c3F)c12. The highest BCUT2D eigenvalue weighted by molar-refractivity contribution is 6.01. The van der Waals surface area contributed by atoms with Crippen molar-refractivity contribution in [2.24, 2.45) is 10.8 Å². The van der Waals surface area contributed by atoms with Crippen molar-refractivity contribution in [3.05, 3.63) is 47.7 Å². The number of hydrogen-bond donors (Lipinski definition) is 3. The number of pyridine rings is 1. The smallest absolute Gasteiger partial charge is 0.319 e. The van der Waals surface area contributed by atoms with Gasteiger partial charge >= 0.3 is 6.01 Å². The Hall–Kier alpha value is -3.75. The van der Waals surface area contributed by atoms with Crippen LogP contribution in [0.3, 0.4) is 0 Å². The molecule has 2 aliphatic carbocycles. The van der Waals surface area contributed by atoms with E-state index in [2.05, 4.69) is 9.88 Å². The van der Waals surface area contributed by atoms with Gasteiger partial charge in [-0.05, 0) is 111 Å². The first-order valence-corrected chi connectivity index (χ1v) is 21.5. The van der Waals surface area contributed by atoms with Gasteiger partial charge in [-0.1, -0.05) is 33.3 Å². The summed E-state index contributed by atoms with van der Waals surface area (Å²) in [6.07, 6.45) is 11.4. The molecule has 3 aliphatic heterocycles. The van der Waals surface area contributed by atoms with Gasteiger partial charge in [0, 0.05) is 49.0 Å². The number of benzene rings is 2. The molecular formula is C45H59F2N5O6. The van der Waals surface area contributed by atoms with Crippen LogP contribution in [-0.2, 0) is 15.9 Å². The molecule has 5 fully saturated rings. The van der Waals surface area contributed by atoms with E-state index in [1.54, 1.807) is 17.9 Å². The van der Waals surface area contributed by atoms with Gasteiger partial charge in [-0.15, -0.1) is 0 Å². The number of ether oxygens (including phenoxy) is 3. The normalized spacial score (nSPS) is 27.6. The number of nitrogens with zero attached hydrogens (tertiary/aromatic N) is 5. The van der Waals surface area contributed by atoms with Crippen LogP contribution >= 0.6 is 0 Å². The summed E-state index contributed by atoms with van der Waals surface area (Å²) in [5.74, 6) is -0.990. The number of aliphatic hydroxyl groups excluding tert-OH is 1. The summed E-state index contributed by atoms with van der Waals surface area (Å²) in [6, 6.07) is 6.84. The number of phenols is 1. The summed E-state index contributed by atoms with van der Waals surface area (Å²) in [5, 5.41) is 33.5. The number of aryl methyl sites for hydroxylation is 1. The van der Waals surface area contributed by atoms with Crippen molar-refractivity contribution in [1.29, 1.82) is 0 Å². The fourth-order valence-electron chi connectivity index (χ4n) is 10.9. The van der Waals surface area contributed by atoms with E-state index in [1.807, 2.05) is 20.8 Å². The maximum atomic E-state index is 17.3. The van der Waals surface area contributed by atoms with Gasteiger partial charge in [-0.2, -0.15) is 9.97 Å². The Balaban J connectivity index is 0.00000231. The highest BCUT2D eigenvalue weighted by Crippen LogP contribution is 2.56. The first-order chi connectivity index (χ1) is 28.0. The Morgan fingerprint density at radius 2 is 1.81 bits per heavy atom. The van der Waals surface area contributed by atoms with Gasteiger partial charge < -0.3 is 34.4 Å². The van der Waals surface area contributed by atoms with Gasteiger partial charge in [0.15, 0.2) is 5.82 Å². The lowest BCUT2D eigenvalue weighted by Gasteiger charge is -2.58. The lowest BCUT2D eigenvalue weighted by molar-refractivity contribution is -0.112. The highest BCUT2D eigenvalue weighted by Gasteiger charge is 2.55. The van der Waals surface area contributed by atoms with Crippen LogP contribution in [0.25, 0.3) is 32.9 Å². The van der Waals surface area contributed by atoms with Gasteiger partial charge in [0.1, 0.15) is 34.2 Å². The molecule has 0 bridgehead atoms. The number of likely N-dealkylation sites (tertiary alicyclic amines) is 1. The van der Waals surface area contributed by atoms with Gasteiger partial charge in [0.05, 0.1) is 37.9 Å². The van der Waals surface area contributed by atoms with Crippen LogP contribution in [0.15, 0.2) is 30.5 Å². The fourth-order valence-corrected chi connectivity index (χ4v) is 10.9. The van der Waals surface area contributed by atoms with Crippen molar-refractivity contribution in [2.45, 2.75) is 116 Å². The number of aromatic hydroxyl groups is 1. The number of rotatable bonds is 8. The molecule has 1 spiro atoms. The third kappa shape index (κ3) is 7.50. The molecule has 5 heterocycles. The van der Waals surface area contributed by atoms with E-state index in [1.165, 1.54) is 37.2 Å². The molecule has 13 heteroatoms. The van der Waals surface area contributed by atoms with Crippen LogP contribution in [0.4, 0.5) is 14.6 Å². The molecule has 4 unspecified atom stereocenters. The van der Waals surface area contributed by atoms with Gasteiger partial charge in [-0.25, -0.2) is 8.78 Å². The first-order valence-electron chi connectivity index (χ1n) is 21.5. The minimum absolute atomic E-state index is 0.00491. The number of β-amino-alcohol motifs (C(OH)–C–C–N with tert-alkyl or cyclic N) is 1. The zero-order valence-corrected chi connectivity index (χ0v) is 34.4. The monoisotopic (exact) mass is 803 g/mol. The van der Waals surface area contributed by atoms with Crippen molar-refractivity contribution < 1.29 is 38.3 Å². The van der Waals surface area contributed by atoms with Crippen molar-refractivity contribution in [2.75, 3.05) is 57.6 Å². The van der Waals surface area contributed by atoms with Crippen LogP contribution in [-0.4, -0.2) is 112 Å². The largest absolute Gasteiger partial charge is 0.508 e. The molecule has 0 radical (unpaired) electrons. The van der Waals surface area contributed by atoms with Gasteiger partial charge in [0.2, 0.25) is 0 Å². The molecule has 2 saturated carbocycles. The Bertz CT molecular complexity index is 2120. The van der Waals surface area contributed by atoms with E-state index < -0.39 is 23.3 Å². The number of aromatic nitrogens is 3. The van der Waals surface area contributed by atoms with Gasteiger partial charge in [-0.3, -0.25) is 9.88 Å². The number of hydrogen-bond acceptors (Lipinski definition) is 11. The van der Waals surface area contributed by atoms with Crippen molar-refractivity contribution in [3.63, 3.8) is 0 Å². The van der Waals surface area contributed by atoms with E-state index >= 15 is 8.78 Å². The van der Waals surface area contributed by atoms with Crippen LogP contribution in [0.2, 0.25) is 0 Å². The van der Waals surface area contributed by atoms with E-state index in [4.69, 9.17) is 24.2 Å². The number of phenolic OH excluding ortho intramolecular Hbond substituents is 1. The van der Waals surface area contributed by atoms with Crippen molar-refractivity contribution in [1.82, 2.24) is 19.9 Å². The van der Waals surface area contributed by atoms with Gasteiger partial charge in [0.25, 0.3) is 0 Å². The van der Waals surface area contributed by atoms with Crippen LogP contribution in [0.5, 0.6) is 11.8 Å². The predicted molar refractivity (Wildman–Crippen MR) is 219 cm³/mol. The summed E-state index contributed by atoms with van der Waals surface area (Å²) in [4.78, 5) is 18.8. The molecule has 4 atom stereocenters. The second kappa shape index (κ2) is 16.4. The molecule has 58 heavy (non-hydrogen) atoms. The Labute approximate surface area is 339 Å². The second-order valence-electron chi connectivity index (χ2n) is 17.6. The lowest BCUT2D eigenvalue weighted by atomic mass is 9.60. The number of fused-ring (bicyclic) bond motifs is 3. The maximum absolute atomic E-state index is 17.3. The average molecular weight is 804 g/mol. The zero-order chi connectivity index (χ0) is 40.8. The molecule has 9 rings (SSSR count). The summed E-state index contributed by atoms with van der Waals surface area (Å²) >= 11 is 0.